The van der Waals surface area contributed by atoms with Gasteiger partial charge in [0, 0.05) is 64.0 Å². The molecule has 28 heavy (non-hydrogen) atoms. The minimum atomic E-state index is -3.53. The van der Waals surface area contributed by atoms with E-state index in [-0.39, 0.29) is 0 Å². The van der Waals surface area contributed by atoms with Gasteiger partial charge in [-0.1, -0.05) is 13.2 Å². The third-order valence-electron chi connectivity index (χ3n) is 2.97. The van der Waals surface area contributed by atoms with Gasteiger partial charge >= 0.3 is 36.7 Å². The lowest BCUT2D eigenvalue weighted by atomic mass is 11.0. The molecule has 0 saturated carbocycles. The molecule has 0 atom stereocenters. The Balaban J connectivity index is 0. The molecule has 0 radical (unpaired) electrons. The highest BCUT2D eigenvalue weighted by atomic mass is 28.5. The first kappa shape index (κ1) is 30.1. The van der Waals surface area contributed by atoms with E-state index >= 15 is 0 Å². The van der Waals surface area contributed by atoms with Crippen molar-refractivity contribution in [2.45, 2.75) is 0 Å². The summed E-state index contributed by atoms with van der Waals surface area (Å²) in [6.07, 6.45) is 0. The van der Waals surface area contributed by atoms with Crippen LogP contribution in [-0.4, -0.2) is 101 Å². The number of hydrogen-bond acceptors (Lipinski definition) is 12. The zero-order valence-electron chi connectivity index (χ0n) is 17.9. The molecule has 0 bridgehead atoms. The molecule has 0 unspecified atom stereocenters. The van der Waals surface area contributed by atoms with Crippen molar-refractivity contribution in [1.29, 1.82) is 0 Å². The molecule has 0 saturated heterocycles. The molecule has 0 aliphatic heterocycles. The molecule has 0 spiro atoms. The molecular formula is C12H32O12Si4. The number of hydrogen-bond donors (Lipinski definition) is 0. The van der Waals surface area contributed by atoms with Crippen LogP contribution in [0.3, 0.4) is 0 Å². The van der Waals surface area contributed by atoms with Crippen molar-refractivity contribution >= 4 is 36.7 Å². The van der Waals surface area contributed by atoms with E-state index in [1.165, 1.54) is 64.0 Å². The maximum atomic E-state index is 5.76. The average molecular weight is 481 g/mol. The highest BCUT2D eigenvalue weighted by molar-refractivity contribution is 6.72. The Labute approximate surface area is 172 Å². The van der Waals surface area contributed by atoms with Gasteiger partial charge in [-0.3, -0.25) is 0 Å². The fourth-order valence-electron chi connectivity index (χ4n) is 1.61. The van der Waals surface area contributed by atoms with E-state index in [2.05, 4.69) is 18.9 Å². The quantitative estimate of drug-likeness (QED) is 0.229. The second-order valence-corrected chi connectivity index (χ2v) is 14.3. The van der Waals surface area contributed by atoms with Crippen LogP contribution in [-0.2, 0) is 52.2 Å². The molecule has 0 fully saturated rings. The zero-order valence-corrected chi connectivity index (χ0v) is 22.0. The van der Waals surface area contributed by atoms with Crippen molar-refractivity contribution in [3.05, 3.63) is 18.9 Å². The second kappa shape index (κ2) is 15.7. The lowest BCUT2D eigenvalue weighted by Crippen LogP contribution is -2.61. The van der Waals surface area contributed by atoms with Crippen LogP contribution in [0.2, 0.25) is 0 Å². The summed E-state index contributed by atoms with van der Waals surface area (Å²) in [6, 6.07) is 0. The molecule has 0 aromatic heterocycles. The van der Waals surface area contributed by atoms with Gasteiger partial charge in [0.1, 0.15) is 0 Å². The van der Waals surface area contributed by atoms with Crippen molar-refractivity contribution in [3.8, 4) is 0 Å². The van der Waals surface area contributed by atoms with E-state index in [1.807, 2.05) is 0 Å². The summed E-state index contributed by atoms with van der Waals surface area (Å²) < 4.78 is 64.4. The summed E-state index contributed by atoms with van der Waals surface area (Å²) in [4.78, 5) is 0. The smallest absolute Gasteiger partial charge is 0.355 e. The Kier molecular flexibility index (Phi) is 16.9. The highest BCUT2D eigenvalue weighted by Gasteiger charge is 2.56. The van der Waals surface area contributed by atoms with Crippen LogP contribution in [0.15, 0.2) is 18.9 Å². The molecule has 16 heteroatoms. The van der Waals surface area contributed by atoms with Crippen LogP contribution in [0.25, 0.3) is 0 Å². The molecule has 0 aliphatic carbocycles. The van der Waals surface area contributed by atoms with Crippen LogP contribution in [0.4, 0.5) is 0 Å². The third-order valence-corrected chi connectivity index (χ3v) is 13.2. The van der Waals surface area contributed by atoms with Crippen molar-refractivity contribution in [2.75, 3.05) is 64.0 Å². The number of rotatable bonds is 15. The maximum absolute atomic E-state index is 5.76. The minimum absolute atomic E-state index is 1.37. The third kappa shape index (κ3) is 9.15. The molecule has 0 N–H and O–H groups in total. The van der Waals surface area contributed by atoms with E-state index in [0.29, 0.717) is 0 Å². The normalized spacial score (nSPS) is 12.5. The SMILES string of the molecule is C=C=C.CO[Si](OC)(OC)O[SiH](O[Si](OC)(OC)OC)O[Si](OC)(OC)OC. The van der Waals surface area contributed by atoms with Gasteiger partial charge in [0.25, 0.3) is 0 Å². The first-order valence-electron chi connectivity index (χ1n) is 7.54. The van der Waals surface area contributed by atoms with Gasteiger partial charge in [0.15, 0.2) is 0 Å². The fourth-order valence-corrected chi connectivity index (χ4v) is 11.3. The molecule has 0 amide bonds. The Bertz CT molecular complexity index is 348. The van der Waals surface area contributed by atoms with Crippen LogP contribution in [0.1, 0.15) is 0 Å². The van der Waals surface area contributed by atoms with Gasteiger partial charge in [-0.25, -0.2) is 0 Å². The maximum Gasteiger partial charge on any atom is 0.671 e. The van der Waals surface area contributed by atoms with E-state index in [4.69, 9.17) is 52.2 Å². The summed E-state index contributed by atoms with van der Waals surface area (Å²) in [7, 11) is -1.51. The first-order chi connectivity index (χ1) is 13.2. The molecule has 0 heterocycles. The van der Waals surface area contributed by atoms with Gasteiger partial charge in [-0.05, 0) is 0 Å². The lowest BCUT2D eigenvalue weighted by Gasteiger charge is -2.34. The van der Waals surface area contributed by atoms with E-state index in [9.17, 15) is 0 Å². The van der Waals surface area contributed by atoms with Gasteiger partial charge < -0.3 is 52.2 Å². The van der Waals surface area contributed by atoms with Gasteiger partial charge in [0.2, 0.25) is 0 Å². The summed E-state index contributed by atoms with van der Waals surface area (Å²) in [5.74, 6) is 0. The van der Waals surface area contributed by atoms with Crippen molar-refractivity contribution in [3.63, 3.8) is 0 Å². The van der Waals surface area contributed by atoms with Crippen molar-refractivity contribution in [1.82, 2.24) is 0 Å². The highest BCUT2D eigenvalue weighted by Crippen LogP contribution is 2.20. The largest absolute Gasteiger partial charge is 0.671 e. The first-order valence-corrected chi connectivity index (χ1v) is 13.9. The van der Waals surface area contributed by atoms with Gasteiger partial charge in [-0.2, -0.15) is 0 Å². The molecule has 12 nitrogen and oxygen atoms in total. The Morgan fingerprint density at radius 1 is 0.464 bits per heavy atom. The Morgan fingerprint density at radius 2 is 0.607 bits per heavy atom. The Hall–Kier alpha value is -0.0925. The van der Waals surface area contributed by atoms with Gasteiger partial charge in [-0.15, -0.1) is 5.73 Å². The molecule has 0 aliphatic rings. The Morgan fingerprint density at radius 3 is 0.714 bits per heavy atom. The lowest BCUT2D eigenvalue weighted by molar-refractivity contribution is -0.0132. The van der Waals surface area contributed by atoms with Crippen LogP contribution in [0, 0.1) is 0 Å². The molecule has 0 rings (SSSR count). The van der Waals surface area contributed by atoms with E-state index in [1.54, 1.807) is 0 Å². The summed E-state index contributed by atoms with van der Waals surface area (Å²) in [6.45, 7) is 6.25. The summed E-state index contributed by atoms with van der Waals surface area (Å²) >= 11 is 0. The molecular weight excluding hydrogens is 448 g/mol. The van der Waals surface area contributed by atoms with Crippen LogP contribution < -0.4 is 0 Å². The van der Waals surface area contributed by atoms with E-state index < -0.39 is 36.7 Å². The second-order valence-electron chi connectivity index (χ2n) is 4.23. The van der Waals surface area contributed by atoms with Crippen LogP contribution >= 0.6 is 0 Å². The molecule has 0 aromatic carbocycles. The van der Waals surface area contributed by atoms with Crippen molar-refractivity contribution in [2.24, 2.45) is 0 Å². The van der Waals surface area contributed by atoms with Gasteiger partial charge in [0.05, 0.1) is 0 Å². The molecule has 0 aromatic rings. The summed E-state index contributed by atoms with van der Waals surface area (Å²) in [5, 5.41) is 0. The zero-order chi connectivity index (χ0) is 22.3. The van der Waals surface area contributed by atoms with E-state index in [0.717, 1.165) is 0 Å². The predicted molar refractivity (Wildman–Crippen MR) is 106 cm³/mol. The summed E-state index contributed by atoms with van der Waals surface area (Å²) in [5.41, 5.74) is 2.25. The predicted octanol–water partition coefficient (Wildman–Crippen LogP) is -0.165. The average Bonchev–Trinajstić information content (AvgIpc) is 2.74. The van der Waals surface area contributed by atoms with Crippen LogP contribution in [0.5, 0.6) is 0 Å². The van der Waals surface area contributed by atoms with Crippen molar-refractivity contribution < 1.29 is 52.2 Å². The molecule has 168 valence electrons. The monoisotopic (exact) mass is 480 g/mol. The minimum Gasteiger partial charge on any atom is -0.355 e. The fraction of sp³-hybridized carbons (Fsp3) is 0.750. The topological polar surface area (TPSA) is 111 Å². The standard InChI is InChI=1S/C9H28O12Si4.C3H4/c1-10-23(11-2,12-3)19-22(20-24(13-4,14-5)15-6)21-25(16-7,17-8)18-9;1-3-2/h22H,1-9H3;1-2H2.